The van der Waals surface area contributed by atoms with Crippen LogP contribution in [0.4, 0.5) is 0 Å². The first kappa shape index (κ1) is 16.7. The van der Waals surface area contributed by atoms with Crippen LogP contribution < -0.4 is 5.32 Å². The molecule has 7 nitrogen and oxygen atoms in total. The molecule has 130 valence electrons. The van der Waals surface area contributed by atoms with Gasteiger partial charge in [-0.3, -0.25) is 9.48 Å². The standard InChI is InChI=1S/C17H26N6O/c1-12-13(10-20-23(12)17(2,3)4)16(24)22-9-6-18-11-14(22)15-19-7-8-21(15)5/h7-8,10,14,18H,6,9,11H2,1-5H3. The van der Waals surface area contributed by atoms with Crippen molar-refractivity contribution < 1.29 is 4.79 Å². The van der Waals surface area contributed by atoms with Crippen LogP contribution in [-0.2, 0) is 12.6 Å². The van der Waals surface area contributed by atoms with Crippen molar-refractivity contribution in [3.8, 4) is 0 Å². The number of rotatable bonds is 2. The molecular weight excluding hydrogens is 304 g/mol. The Morgan fingerprint density at radius 2 is 2.12 bits per heavy atom. The molecule has 0 spiro atoms. The SMILES string of the molecule is Cc1c(C(=O)N2CCNCC2c2nccn2C)cnn1C(C)(C)C. The molecule has 1 unspecified atom stereocenters. The summed E-state index contributed by atoms with van der Waals surface area (Å²) in [6.45, 7) is 10.4. The zero-order valence-electron chi connectivity index (χ0n) is 15.1. The van der Waals surface area contributed by atoms with Gasteiger partial charge in [-0.2, -0.15) is 5.10 Å². The van der Waals surface area contributed by atoms with Crippen molar-refractivity contribution in [2.45, 2.75) is 39.3 Å². The second-order valence-electron chi connectivity index (χ2n) is 7.34. The number of imidazole rings is 1. The van der Waals surface area contributed by atoms with Crippen molar-refractivity contribution in [2.24, 2.45) is 7.05 Å². The largest absolute Gasteiger partial charge is 0.336 e. The van der Waals surface area contributed by atoms with Gasteiger partial charge in [-0.1, -0.05) is 0 Å². The van der Waals surface area contributed by atoms with Gasteiger partial charge in [0.1, 0.15) is 11.9 Å². The first-order valence-electron chi connectivity index (χ1n) is 8.34. The maximum atomic E-state index is 13.2. The van der Waals surface area contributed by atoms with Gasteiger partial charge in [-0.15, -0.1) is 0 Å². The van der Waals surface area contributed by atoms with E-state index in [4.69, 9.17) is 0 Å². The van der Waals surface area contributed by atoms with Gasteiger partial charge in [0, 0.05) is 44.8 Å². The lowest BCUT2D eigenvalue weighted by molar-refractivity contribution is 0.0620. The number of nitrogens with zero attached hydrogens (tertiary/aromatic N) is 5. The number of amides is 1. The second-order valence-corrected chi connectivity index (χ2v) is 7.34. The lowest BCUT2D eigenvalue weighted by Gasteiger charge is -2.35. The molecular formula is C17H26N6O. The molecule has 0 bridgehead atoms. The number of carbonyl (C=O) groups is 1. The minimum absolute atomic E-state index is 0.0255. The van der Waals surface area contributed by atoms with Crippen LogP contribution in [0.1, 0.15) is 48.7 Å². The zero-order chi connectivity index (χ0) is 17.5. The Balaban J connectivity index is 1.93. The predicted molar refractivity (Wildman–Crippen MR) is 91.8 cm³/mol. The van der Waals surface area contributed by atoms with E-state index in [0.717, 1.165) is 18.1 Å². The molecule has 2 aromatic heterocycles. The molecule has 1 N–H and O–H groups in total. The van der Waals surface area contributed by atoms with E-state index in [-0.39, 0.29) is 17.5 Å². The van der Waals surface area contributed by atoms with Crippen molar-refractivity contribution in [1.29, 1.82) is 0 Å². The highest BCUT2D eigenvalue weighted by molar-refractivity contribution is 5.95. The third kappa shape index (κ3) is 2.84. The maximum Gasteiger partial charge on any atom is 0.258 e. The summed E-state index contributed by atoms with van der Waals surface area (Å²) in [6, 6.07) is -0.0661. The highest BCUT2D eigenvalue weighted by atomic mass is 16.2. The molecule has 3 rings (SSSR count). The normalized spacial score (nSPS) is 18.9. The number of carbonyl (C=O) groups excluding carboxylic acids is 1. The molecule has 2 aromatic rings. The molecule has 0 aromatic carbocycles. The summed E-state index contributed by atoms with van der Waals surface area (Å²) < 4.78 is 3.89. The predicted octanol–water partition coefficient (Wildman–Crippen LogP) is 1.47. The van der Waals surface area contributed by atoms with Gasteiger partial charge in [0.2, 0.25) is 0 Å². The van der Waals surface area contributed by atoms with E-state index >= 15 is 0 Å². The molecule has 1 amide bonds. The number of hydrogen-bond acceptors (Lipinski definition) is 4. The van der Waals surface area contributed by atoms with Gasteiger partial charge in [0.15, 0.2) is 0 Å². The second kappa shape index (κ2) is 6.05. The lowest BCUT2D eigenvalue weighted by atomic mass is 10.1. The Hall–Kier alpha value is -2.15. The molecule has 7 heteroatoms. The minimum Gasteiger partial charge on any atom is -0.336 e. The monoisotopic (exact) mass is 330 g/mol. The topological polar surface area (TPSA) is 68.0 Å². The number of nitrogens with one attached hydrogen (secondary N) is 1. The summed E-state index contributed by atoms with van der Waals surface area (Å²) >= 11 is 0. The van der Waals surface area contributed by atoms with E-state index in [0.29, 0.717) is 18.7 Å². The van der Waals surface area contributed by atoms with Crippen molar-refractivity contribution in [3.05, 3.63) is 35.7 Å². The number of aryl methyl sites for hydroxylation is 1. The first-order chi connectivity index (χ1) is 11.3. The molecule has 1 saturated heterocycles. The smallest absolute Gasteiger partial charge is 0.258 e. The molecule has 0 radical (unpaired) electrons. The van der Waals surface area contributed by atoms with Gasteiger partial charge in [-0.25, -0.2) is 4.98 Å². The highest BCUT2D eigenvalue weighted by Gasteiger charge is 2.33. The van der Waals surface area contributed by atoms with E-state index < -0.39 is 0 Å². The van der Waals surface area contributed by atoms with Crippen LogP contribution in [0.5, 0.6) is 0 Å². The summed E-state index contributed by atoms with van der Waals surface area (Å²) in [5, 5.41) is 7.80. The lowest BCUT2D eigenvalue weighted by Crippen LogP contribution is -2.49. The number of piperazine rings is 1. The maximum absolute atomic E-state index is 13.2. The molecule has 0 saturated carbocycles. The van der Waals surface area contributed by atoms with Crippen LogP contribution in [0.25, 0.3) is 0 Å². The van der Waals surface area contributed by atoms with Crippen molar-refractivity contribution in [2.75, 3.05) is 19.6 Å². The Kier molecular flexibility index (Phi) is 4.21. The van der Waals surface area contributed by atoms with Gasteiger partial charge in [0.05, 0.1) is 17.3 Å². The average Bonchev–Trinajstić information content (AvgIpc) is 3.12. The quantitative estimate of drug-likeness (QED) is 0.905. The van der Waals surface area contributed by atoms with Gasteiger partial charge >= 0.3 is 0 Å². The fraction of sp³-hybridized carbons (Fsp3) is 0.588. The van der Waals surface area contributed by atoms with Gasteiger partial charge in [-0.05, 0) is 27.7 Å². The molecule has 1 aliphatic heterocycles. The summed E-state index contributed by atoms with van der Waals surface area (Å²) in [6.07, 6.45) is 5.38. The fourth-order valence-corrected chi connectivity index (χ4v) is 3.33. The van der Waals surface area contributed by atoms with Crippen molar-refractivity contribution >= 4 is 5.91 Å². The van der Waals surface area contributed by atoms with Crippen molar-refractivity contribution in [3.63, 3.8) is 0 Å². The molecule has 24 heavy (non-hydrogen) atoms. The van der Waals surface area contributed by atoms with Gasteiger partial charge < -0.3 is 14.8 Å². The third-order valence-corrected chi connectivity index (χ3v) is 4.54. The zero-order valence-corrected chi connectivity index (χ0v) is 15.1. The van der Waals surface area contributed by atoms with Crippen LogP contribution in [-0.4, -0.2) is 49.8 Å². The Labute approximate surface area is 142 Å². The van der Waals surface area contributed by atoms with E-state index in [1.807, 2.05) is 34.3 Å². The van der Waals surface area contributed by atoms with E-state index in [9.17, 15) is 4.79 Å². The average molecular weight is 330 g/mol. The molecule has 1 fully saturated rings. The summed E-state index contributed by atoms with van der Waals surface area (Å²) in [7, 11) is 1.96. The highest BCUT2D eigenvalue weighted by Crippen LogP contribution is 2.25. The van der Waals surface area contributed by atoms with Crippen LogP contribution in [0.3, 0.4) is 0 Å². The van der Waals surface area contributed by atoms with E-state index in [1.165, 1.54) is 0 Å². The Morgan fingerprint density at radius 3 is 2.71 bits per heavy atom. The molecule has 0 aliphatic carbocycles. The summed E-state index contributed by atoms with van der Waals surface area (Å²) in [5.74, 6) is 0.925. The third-order valence-electron chi connectivity index (χ3n) is 4.54. The van der Waals surface area contributed by atoms with Crippen LogP contribution in [0.15, 0.2) is 18.6 Å². The fourth-order valence-electron chi connectivity index (χ4n) is 3.33. The Bertz CT molecular complexity index is 739. The van der Waals surface area contributed by atoms with Crippen molar-refractivity contribution in [1.82, 2.24) is 29.5 Å². The minimum atomic E-state index is -0.148. The Morgan fingerprint density at radius 1 is 1.38 bits per heavy atom. The first-order valence-corrected chi connectivity index (χ1v) is 8.34. The van der Waals surface area contributed by atoms with Crippen LogP contribution in [0, 0.1) is 6.92 Å². The number of hydrogen-bond donors (Lipinski definition) is 1. The molecule has 1 atom stereocenters. The summed E-state index contributed by atoms with van der Waals surface area (Å²) in [4.78, 5) is 19.5. The van der Waals surface area contributed by atoms with Crippen LogP contribution in [0.2, 0.25) is 0 Å². The van der Waals surface area contributed by atoms with E-state index in [2.05, 4.69) is 36.2 Å². The van der Waals surface area contributed by atoms with Crippen LogP contribution >= 0.6 is 0 Å². The van der Waals surface area contributed by atoms with E-state index in [1.54, 1.807) is 12.4 Å². The molecule has 1 aliphatic rings. The van der Waals surface area contributed by atoms with Gasteiger partial charge in [0.25, 0.3) is 5.91 Å². The molecule has 3 heterocycles. The summed E-state index contributed by atoms with van der Waals surface area (Å²) in [5.41, 5.74) is 1.43. The number of aromatic nitrogens is 4.